The maximum Gasteiger partial charge on any atom is 0.168 e. The topological polar surface area (TPSA) is 39.1 Å². The third-order valence-corrected chi connectivity index (χ3v) is 2.59. The lowest BCUT2D eigenvalue weighted by Crippen LogP contribution is -2.42. The SMILES string of the molecule is CCCCNC(=S)N(CC)CC(C)C#N. The molecule has 0 aliphatic rings. The van der Waals surface area contributed by atoms with Gasteiger partial charge in [-0.1, -0.05) is 13.3 Å². The molecule has 0 fully saturated rings. The Balaban J connectivity index is 3.94. The van der Waals surface area contributed by atoms with Gasteiger partial charge in [0.2, 0.25) is 0 Å². The van der Waals surface area contributed by atoms with Gasteiger partial charge in [-0.15, -0.1) is 0 Å². The van der Waals surface area contributed by atoms with E-state index in [1.807, 2.05) is 11.8 Å². The Hall–Kier alpha value is -0.820. The van der Waals surface area contributed by atoms with Crippen LogP contribution in [0.2, 0.25) is 0 Å². The van der Waals surface area contributed by atoms with Gasteiger partial charge in [0.05, 0.1) is 12.0 Å². The molecule has 4 heteroatoms. The summed E-state index contributed by atoms with van der Waals surface area (Å²) < 4.78 is 0. The first-order valence-electron chi connectivity index (χ1n) is 5.58. The van der Waals surface area contributed by atoms with Crippen LogP contribution in [0.5, 0.6) is 0 Å². The van der Waals surface area contributed by atoms with Crippen LogP contribution < -0.4 is 5.32 Å². The Labute approximate surface area is 98.4 Å². The van der Waals surface area contributed by atoms with Crippen molar-refractivity contribution in [3.05, 3.63) is 0 Å². The summed E-state index contributed by atoms with van der Waals surface area (Å²) in [5.74, 6) is 0.0240. The van der Waals surface area contributed by atoms with Crippen LogP contribution in [0.3, 0.4) is 0 Å². The largest absolute Gasteiger partial charge is 0.363 e. The molecule has 0 aromatic heterocycles. The molecule has 0 spiro atoms. The molecule has 1 N–H and O–H groups in total. The normalized spacial score (nSPS) is 11.6. The summed E-state index contributed by atoms with van der Waals surface area (Å²) in [5, 5.41) is 12.7. The van der Waals surface area contributed by atoms with E-state index >= 15 is 0 Å². The van der Waals surface area contributed by atoms with E-state index in [1.165, 1.54) is 0 Å². The van der Waals surface area contributed by atoms with Crippen molar-refractivity contribution in [2.45, 2.75) is 33.6 Å². The van der Waals surface area contributed by atoms with Gasteiger partial charge in [-0.25, -0.2) is 0 Å². The van der Waals surface area contributed by atoms with Gasteiger partial charge in [0.1, 0.15) is 0 Å². The van der Waals surface area contributed by atoms with Crippen molar-refractivity contribution in [2.24, 2.45) is 5.92 Å². The number of thiocarbonyl (C=S) groups is 1. The van der Waals surface area contributed by atoms with Crippen molar-refractivity contribution in [2.75, 3.05) is 19.6 Å². The van der Waals surface area contributed by atoms with Crippen molar-refractivity contribution in [1.29, 1.82) is 5.26 Å². The lowest BCUT2D eigenvalue weighted by atomic mass is 10.2. The van der Waals surface area contributed by atoms with Gasteiger partial charge in [0.15, 0.2) is 5.11 Å². The summed E-state index contributed by atoms with van der Waals surface area (Å²) in [6.07, 6.45) is 2.29. The maximum atomic E-state index is 8.73. The number of hydrogen-bond acceptors (Lipinski definition) is 2. The fourth-order valence-corrected chi connectivity index (χ4v) is 1.52. The summed E-state index contributed by atoms with van der Waals surface area (Å²) in [7, 11) is 0. The van der Waals surface area contributed by atoms with E-state index in [1.54, 1.807) is 0 Å². The quantitative estimate of drug-likeness (QED) is 0.557. The van der Waals surface area contributed by atoms with Crippen LogP contribution in [0.1, 0.15) is 33.6 Å². The Kier molecular flexibility index (Phi) is 8.02. The number of unbranched alkanes of at least 4 members (excludes halogenated alkanes) is 1. The highest BCUT2D eigenvalue weighted by atomic mass is 32.1. The second-order valence-corrected chi connectivity index (χ2v) is 4.04. The number of nitrogens with zero attached hydrogens (tertiary/aromatic N) is 2. The highest BCUT2D eigenvalue weighted by molar-refractivity contribution is 7.80. The zero-order valence-electron chi connectivity index (χ0n) is 9.92. The maximum absolute atomic E-state index is 8.73. The Morgan fingerprint density at radius 2 is 2.20 bits per heavy atom. The predicted octanol–water partition coefficient (Wildman–Crippen LogP) is 2.14. The molecule has 0 aromatic carbocycles. The average Bonchev–Trinajstić information content (AvgIpc) is 2.25. The van der Waals surface area contributed by atoms with Gasteiger partial charge in [0.25, 0.3) is 0 Å². The molecular weight excluding hydrogens is 206 g/mol. The number of hydrogen-bond donors (Lipinski definition) is 1. The molecule has 0 aliphatic heterocycles. The van der Waals surface area contributed by atoms with E-state index in [9.17, 15) is 0 Å². The molecule has 0 aliphatic carbocycles. The van der Waals surface area contributed by atoms with E-state index in [4.69, 9.17) is 17.5 Å². The monoisotopic (exact) mass is 227 g/mol. The Bertz CT molecular complexity index is 222. The lowest BCUT2D eigenvalue weighted by Gasteiger charge is -2.25. The Morgan fingerprint density at radius 1 is 1.53 bits per heavy atom. The number of rotatable bonds is 6. The van der Waals surface area contributed by atoms with Gasteiger partial charge in [-0.05, 0) is 32.5 Å². The van der Waals surface area contributed by atoms with Crippen molar-refractivity contribution < 1.29 is 0 Å². The molecule has 1 unspecified atom stereocenters. The zero-order valence-corrected chi connectivity index (χ0v) is 10.7. The van der Waals surface area contributed by atoms with Gasteiger partial charge < -0.3 is 10.2 Å². The molecule has 15 heavy (non-hydrogen) atoms. The summed E-state index contributed by atoms with van der Waals surface area (Å²) in [4.78, 5) is 2.04. The molecule has 86 valence electrons. The molecule has 0 amide bonds. The van der Waals surface area contributed by atoms with E-state index < -0.39 is 0 Å². The minimum absolute atomic E-state index is 0.0240. The van der Waals surface area contributed by atoms with Crippen LogP contribution in [0.25, 0.3) is 0 Å². The molecule has 0 rings (SSSR count). The minimum atomic E-state index is 0.0240. The standard InChI is InChI=1S/C11H21N3S/c1-4-6-7-13-11(15)14(5-2)9-10(3)8-12/h10H,4-7,9H2,1-3H3,(H,13,15). The van der Waals surface area contributed by atoms with Gasteiger partial charge in [-0.2, -0.15) is 5.26 Å². The average molecular weight is 227 g/mol. The second-order valence-electron chi connectivity index (χ2n) is 3.65. The predicted molar refractivity (Wildman–Crippen MR) is 67.5 cm³/mol. The third-order valence-electron chi connectivity index (χ3n) is 2.19. The summed E-state index contributed by atoms with van der Waals surface area (Å²) >= 11 is 5.26. The van der Waals surface area contributed by atoms with Gasteiger partial charge in [-0.3, -0.25) is 0 Å². The minimum Gasteiger partial charge on any atom is -0.363 e. The lowest BCUT2D eigenvalue weighted by molar-refractivity contribution is 0.397. The van der Waals surface area contributed by atoms with Crippen molar-refractivity contribution in [1.82, 2.24) is 10.2 Å². The van der Waals surface area contributed by atoms with Crippen molar-refractivity contribution >= 4 is 17.3 Å². The first-order chi connectivity index (χ1) is 7.15. The van der Waals surface area contributed by atoms with Crippen LogP contribution in [0, 0.1) is 17.2 Å². The van der Waals surface area contributed by atoms with Crippen LogP contribution in [0.15, 0.2) is 0 Å². The van der Waals surface area contributed by atoms with E-state index in [2.05, 4.69) is 25.2 Å². The van der Waals surface area contributed by atoms with Crippen LogP contribution in [-0.4, -0.2) is 29.6 Å². The molecule has 0 saturated heterocycles. The Morgan fingerprint density at radius 3 is 2.67 bits per heavy atom. The van der Waals surface area contributed by atoms with E-state index in [0.717, 1.165) is 31.0 Å². The summed E-state index contributed by atoms with van der Waals surface area (Å²) in [5.41, 5.74) is 0. The molecule has 3 nitrogen and oxygen atoms in total. The van der Waals surface area contributed by atoms with E-state index in [-0.39, 0.29) is 5.92 Å². The molecule has 0 saturated carbocycles. The first kappa shape index (κ1) is 14.2. The fraction of sp³-hybridized carbons (Fsp3) is 0.818. The van der Waals surface area contributed by atoms with Gasteiger partial charge in [0, 0.05) is 19.6 Å². The fourth-order valence-electron chi connectivity index (χ4n) is 1.21. The number of nitriles is 1. The smallest absolute Gasteiger partial charge is 0.168 e. The molecule has 1 atom stereocenters. The molecule has 0 bridgehead atoms. The van der Waals surface area contributed by atoms with Crippen LogP contribution >= 0.6 is 12.2 Å². The summed E-state index contributed by atoms with van der Waals surface area (Å²) in [6, 6.07) is 2.22. The molecular formula is C11H21N3S. The van der Waals surface area contributed by atoms with Gasteiger partial charge >= 0.3 is 0 Å². The molecule has 0 heterocycles. The first-order valence-corrected chi connectivity index (χ1v) is 5.98. The van der Waals surface area contributed by atoms with Crippen LogP contribution in [0.4, 0.5) is 0 Å². The second kappa shape index (κ2) is 8.49. The van der Waals surface area contributed by atoms with Crippen molar-refractivity contribution in [3.63, 3.8) is 0 Å². The third kappa shape index (κ3) is 6.29. The molecule has 0 aromatic rings. The highest BCUT2D eigenvalue weighted by Crippen LogP contribution is 1.99. The zero-order chi connectivity index (χ0) is 11.7. The molecule has 0 radical (unpaired) electrons. The van der Waals surface area contributed by atoms with Crippen LogP contribution in [-0.2, 0) is 0 Å². The van der Waals surface area contributed by atoms with Crippen molar-refractivity contribution in [3.8, 4) is 6.07 Å². The number of nitrogens with one attached hydrogen (secondary N) is 1. The summed E-state index contributed by atoms with van der Waals surface area (Å²) in [6.45, 7) is 8.61. The van der Waals surface area contributed by atoms with E-state index in [0.29, 0.717) is 6.54 Å². The highest BCUT2D eigenvalue weighted by Gasteiger charge is 2.10.